The largest absolute Gasteiger partial charge is 0.355 e. The molecule has 2 N–H and O–H groups in total. The van der Waals surface area contributed by atoms with Crippen LogP contribution in [0.2, 0.25) is 0 Å². The van der Waals surface area contributed by atoms with Crippen LogP contribution in [-0.2, 0) is 9.59 Å². The van der Waals surface area contributed by atoms with Crippen molar-refractivity contribution in [2.75, 3.05) is 13.1 Å². The van der Waals surface area contributed by atoms with Gasteiger partial charge in [0, 0.05) is 6.54 Å². The van der Waals surface area contributed by atoms with Crippen LogP contribution in [0.5, 0.6) is 0 Å². The number of nitrogens with one attached hydrogen (secondary N) is 2. The molecule has 1 fully saturated rings. The Labute approximate surface area is 98.7 Å². The van der Waals surface area contributed by atoms with Crippen LogP contribution in [0.15, 0.2) is 0 Å². The van der Waals surface area contributed by atoms with Crippen molar-refractivity contribution in [3.63, 3.8) is 0 Å². The first-order valence-electron chi connectivity index (χ1n) is 4.76. The number of hydrogen-bond donors (Lipinski definition) is 2. The molecule has 0 heterocycles. The molecule has 2 amide bonds. The maximum Gasteiger partial charge on any atom is 0.239 e. The highest BCUT2D eigenvalue weighted by molar-refractivity contribution is 6.53. The number of hydrogen-bond acceptors (Lipinski definition) is 2. The SMILES string of the molecule is CCNC(=O)CNC(=O)[C@]1(C)CC1(Cl)Cl. The molecule has 6 heteroatoms. The Morgan fingerprint density at radius 3 is 2.27 bits per heavy atom. The number of amides is 2. The minimum atomic E-state index is -0.988. The number of rotatable bonds is 4. The average Bonchev–Trinajstić information content (AvgIpc) is 2.64. The second kappa shape index (κ2) is 4.18. The van der Waals surface area contributed by atoms with Gasteiger partial charge in [0.2, 0.25) is 11.8 Å². The van der Waals surface area contributed by atoms with Crippen LogP contribution < -0.4 is 10.6 Å². The van der Waals surface area contributed by atoms with Gasteiger partial charge in [0.25, 0.3) is 0 Å². The zero-order valence-electron chi connectivity index (χ0n) is 8.69. The first kappa shape index (κ1) is 12.6. The lowest BCUT2D eigenvalue weighted by Crippen LogP contribution is -2.40. The zero-order valence-corrected chi connectivity index (χ0v) is 10.2. The molecule has 4 nitrogen and oxygen atoms in total. The number of carbonyl (C=O) groups is 2. The molecule has 1 aliphatic rings. The first-order chi connectivity index (χ1) is 6.83. The maximum atomic E-state index is 11.6. The van der Waals surface area contributed by atoms with Gasteiger partial charge in [-0.2, -0.15) is 0 Å². The van der Waals surface area contributed by atoms with Gasteiger partial charge in [0.05, 0.1) is 12.0 Å². The van der Waals surface area contributed by atoms with Crippen LogP contribution >= 0.6 is 23.2 Å². The molecule has 0 radical (unpaired) electrons. The average molecular weight is 253 g/mol. The Hall–Kier alpha value is -0.480. The van der Waals surface area contributed by atoms with Crippen molar-refractivity contribution in [3.05, 3.63) is 0 Å². The lowest BCUT2D eigenvalue weighted by Gasteiger charge is -2.12. The van der Waals surface area contributed by atoms with Gasteiger partial charge >= 0.3 is 0 Å². The summed E-state index contributed by atoms with van der Waals surface area (Å²) in [6, 6.07) is 0. The first-order valence-corrected chi connectivity index (χ1v) is 5.52. The van der Waals surface area contributed by atoms with Gasteiger partial charge < -0.3 is 10.6 Å². The van der Waals surface area contributed by atoms with Gasteiger partial charge in [0.1, 0.15) is 4.33 Å². The predicted octanol–water partition coefficient (Wildman–Crippen LogP) is 0.823. The van der Waals surface area contributed by atoms with Crippen molar-refractivity contribution in [2.45, 2.75) is 24.6 Å². The quantitative estimate of drug-likeness (QED) is 0.729. The topological polar surface area (TPSA) is 58.2 Å². The highest BCUT2D eigenvalue weighted by Gasteiger charge is 2.67. The van der Waals surface area contributed by atoms with Crippen molar-refractivity contribution in [1.29, 1.82) is 0 Å². The molecule has 1 aliphatic carbocycles. The standard InChI is InChI=1S/C9H14Cl2N2O2/c1-3-12-6(14)4-13-7(15)8(2)5-9(8,10)11/h3-5H2,1-2H3,(H,12,14)(H,13,15)/t8-/m0/s1. The van der Waals surface area contributed by atoms with E-state index in [4.69, 9.17) is 23.2 Å². The fourth-order valence-electron chi connectivity index (χ4n) is 1.26. The molecular formula is C9H14Cl2N2O2. The van der Waals surface area contributed by atoms with Crippen LogP contribution in [0, 0.1) is 5.41 Å². The molecule has 0 spiro atoms. The summed E-state index contributed by atoms with van der Waals surface area (Å²) in [4.78, 5) is 22.7. The van der Waals surface area contributed by atoms with E-state index >= 15 is 0 Å². The Kier molecular flexibility index (Phi) is 3.51. The van der Waals surface area contributed by atoms with Gasteiger partial charge in [-0.15, -0.1) is 23.2 Å². The predicted molar refractivity (Wildman–Crippen MR) is 58.9 cm³/mol. The third-order valence-corrected chi connectivity index (χ3v) is 3.64. The molecule has 0 aromatic carbocycles. The molecule has 0 aliphatic heterocycles. The van der Waals surface area contributed by atoms with Crippen LogP contribution in [0.1, 0.15) is 20.3 Å². The fraction of sp³-hybridized carbons (Fsp3) is 0.778. The van der Waals surface area contributed by atoms with E-state index in [2.05, 4.69) is 10.6 Å². The molecule has 0 unspecified atom stereocenters. The second-order valence-electron chi connectivity index (χ2n) is 3.85. The molecule has 1 saturated carbocycles. The Balaban J connectivity index is 2.35. The van der Waals surface area contributed by atoms with Gasteiger partial charge in [-0.1, -0.05) is 0 Å². The Bertz CT molecular complexity index is 294. The lowest BCUT2D eigenvalue weighted by atomic mass is 10.1. The van der Waals surface area contributed by atoms with Crippen LogP contribution in [0.3, 0.4) is 0 Å². The Morgan fingerprint density at radius 2 is 1.87 bits per heavy atom. The third-order valence-electron chi connectivity index (χ3n) is 2.54. The van der Waals surface area contributed by atoms with Gasteiger partial charge in [-0.25, -0.2) is 0 Å². The van der Waals surface area contributed by atoms with Crippen LogP contribution in [-0.4, -0.2) is 29.2 Å². The summed E-state index contributed by atoms with van der Waals surface area (Å²) in [5, 5.41) is 5.08. The van der Waals surface area contributed by atoms with E-state index in [1.807, 2.05) is 6.92 Å². The molecular weight excluding hydrogens is 239 g/mol. The van der Waals surface area contributed by atoms with E-state index in [0.717, 1.165) is 0 Å². The van der Waals surface area contributed by atoms with Crippen molar-refractivity contribution in [3.8, 4) is 0 Å². The highest BCUT2D eigenvalue weighted by Crippen LogP contribution is 2.63. The summed E-state index contributed by atoms with van der Waals surface area (Å²) in [5.41, 5.74) is -0.761. The van der Waals surface area contributed by atoms with E-state index in [0.29, 0.717) is 13.0 Å². The molecule has 86 valence electrons. The summed E-state index contributed by atoms with van der Waals surface area (Å²) in [6.45, 7) is 4.00. The summed E-state index contributed by atoms with van der Waals surface area (Å²) in [6.07, 6.45) is 0.421. The summed E-state index contributed by atoms with van der Waals surface area (Å²) in [7, 11) is 0. The summed E-state index contributed by atoms with van der Waals surface area (Å²) in [5.74, 6) is -0.497. The normalized spacial score (nSPS) is 26.9. The summed E-state index contributed by atoms with van der Waals surface area (Å²) >= 11 is 11.6. The van der Waals surface area contributed by atoms with Crippen molar-refractivity contribution in [1.82, 2.24) is 10.6 Å². The fourth-order valence-corrected chi connectivity index (χ4v) is 1.97. The van der Waals surface area contributed by atoms with Gasteiger partial charge in [-0.05, 0) is 20.3 Å². The van der Waals surface area contributed by atoms with E-state index in [1.54, 1.807) is 6.92 Å². The third kappa shape index (κ3) is 2.55. The zero-order chi connectivity index (χ0) is 11.7. The Morgan fingerprint density at radius 1 is 1.33 bits per heavy atom. The molecule has 0 aromatic rings. The lowest BCUT2D eigenvalue weighted by molar-refractivity contribution is -0.129. The molecule has 0 aromatic heterocycles. The number of likely N-dealkylation sites (N-methyl/N-ethyl adjacent to an activating group) is 1. The summed E-state index contributed by atoms with van der Waals surface area (Å²) < 4.78 is -0.988. The van der Waals surface area contributed by atoms with E-state index < -0.39 is 9.75 Å². The van der Waals surface area contributed by atoms with Crippen LogP contribution in [0.4, 0.5) is 0 Å². The van der Waals surface area contributed by atoms with Crippen molar-refractivity contribution in [2.24, 2.45) is 5.41 Å². The van der Waals surface area contributed by atoms with E-state index in [-0.39, 0.29) is 18.4 Å². The molecule has 1 atom stereocenters. The van der Waals surface area contributed by atoms with E-state index in [9.17, 15) is 9.59 Å². The maximum absolute atomic E-state index is 11.6. The van der Waals surface area contributed by atoms with Crippen molar-refractivity contribution < 1.29 is 9.59 Å². The van der Waals surface area contributed by atoms with Crippen molar-refractivity contribution >= 4 is 35.0 Å². The smallest absolute Gasteiger partial charge is 0.239 e. The minimum Gasteiger partial charge on any atom is -0.355 e. The molecule has 0 saturated heterocycles. The number of carbonyl (C=O) groups excluding carboxylic acids is 2. The van der Waals surface area contributed by atoms with Crippen LogP contribution in [0.25, 0.3) is 0 Å². The minimum absolute atomic E-state index is 0.0356. The number of halogens is 2. The molecule has 0 bridgehead atoms. The number of alkyl halides is 2. The monoisotopic (exact) mass is 252 g/mol. The van der Waals surface area contributed by atoms with Gasteiger partial charge in [-0.3, -0.25) is 9.59 Å². The molecule has 1 rings (SSSR count). The highest BCUT2D eigenvalue weighted by atomic mass is 35.5. The van der Waals surface area contributed by atoms with E-state index in [1.165, 1.54) is 0 Å². The molecule has 15 heavy (non-hydrogen) atoms. The van der Waals surface area contributed by atoms with Gasteiger partial charge in [0.15, 0.2) is 0 Å². The second-order valence-corrected chi connectivity index (χ2v) is 5.33.